The molecule has 2 rings (SSSR count). The summed E-state index contributed by atoms with van der Waals surface area (Å²) < 4.78 is 5.05. The van der Waals surface area contributed by atoms with Crippen LogP contribution in [0.15, 0.2) is 28.8 Å². The van der Waals surface area contributed by atoms with E-state index in [1.807, 2.05) is 12.1 Å². The Morgan fingerprint density at radius 3 is 2.14 bits per heavy atom. The molecule has 0 aliphatic heterocycles. The van der Waals surface area contributed by atoms with Crippen molar-refractivity contribution in [2.45, 2.75) is 53.0 Å². The van der Waals surface area contributed by atoms with Gasteiger partial charge in [-0.1, -0.05) is 64.0 Å². The van der Waals surface area contributed by atoms with Gasteiger partial charge in [-0.3, -0.25) is 0 Å². The Labute approximate surface area is 126 Å². The summed E-state index contributed by atoms with van der Waals surface area (Å²) in [4.78, 5) is 4.25. The summed E-state index contributed by atoms with van der Waals surface area (Å²) in [7, 11) is 0. The summed E-state index contributed by atoms with van der Waals surface area (Å²) in [5, 5.41) is 3.94. The molecule has 2 N–H and O–H groups in total. The van der Waals surface area contributed by atoms with E-state index < -0.39 is 0 Å². The predicted molar refractivity (Wildman–Crippen MR) is 84.7 cm³/mol. The van der Waals surface area contributed by atoms with Crippen LogP contribution in [0, 0.1) is 5.41 Å². The molecule has 114 valence electrons. The molecular formula is C17H25N3O. The summed E-state index contributed by atoms with van der Waals surface area (Å²) >= 11 is 0. The fourth-order valence-electron chi connectivity index (χ4n) is 2.95. The lowest BCUT2D eigenvalue weighted by atomic mass is 9.72. The van der Waals surface area contributed by atoms with E-state index in [0.717, 1.165) is 12.0 Å². The highest BCUT2D eigenvalue weighted by Crippen LogP contribution is 2.36. The minimum atomic E-state index is 0.135. The van der Waals surface area contributed by atoms with Crippen molar-refractivity contribution in [1.29, 1.82) is 0 Å². The maximum absolute atomic E-state index is 5.48. The number of rotatable bonds is 4. The zero-order chi connectivity index (χ0) is 15.7. The van der Waals surface area contributed by atoms with E-state index in [1.165, 1.54) is 5.56 Å². The standard InChI is InChI=1S/C17H25N3O/c1-16(2,3)11-17(4,5)13-8-6-12(7-9-13)15-19-14(10-18)21-20-15/h6-9H,10-11,18H2,1-5H3. The van der Waals surface area contributed by atoms with Gasteiger partial charge in [0.05, 0.1) is 6.54 Å². The van der Waals surface area contributed by atoms with Crippen molar-refractivity contribution in [2.24, 2.45) is 11.1 Å². The fraction of sp³-hybridized carbons (Fsp3) is 0.529. The third-order valence-corrected chi connectivity index (χ3v) is 3.54. The third-order valence-electron chi connectivity index (χ3n) is 3.54. The Kier molecular flexibility index (Phi) is 4.19. The molecule has 0 unspecified atom stereocenters. The van der Waals surface area contributed by atoms with Crippen molar-refractivity contribution in [1.82, 2.24) is 10.1 Å². The smallest absolute Gasteiger partial charge is 0.240 e. The maximum Gasteiger partial charge on any atom is 0.240 e. The van der Waals surface area contributed by atoms with E-state index in [0.29, 0.717) is 17.1 Å². The highest BCUT2D eigenvalue weighted by Gasteiger charge is 2.27. The van der Waals surface area contributed by atoms with Crippen molar-refractivity contribution in [2.75, 3.05) is 0 Å². The lowest BCUT2D eigenvalue weighted by Gasteiger charge is -2.33. The minimum Gasteiger partial charge on any atom is -0.338 e. The van der Waals surface area contributed by atoms with Gasteiger partial charge in [0.25, 0.3) is 0 Å². The van der Waals surface area contributed by atoms with Crippen molar-refractivity contribution in [3.8, 4) is 11.4 Å². The molecule has 0 spiro atoms. The van der Waals surface area contributed by atoms with E-state index in [2.05, 4.69) is 56.9 Å². The van der Waals surface area contributed by atoms with E-state index in [4.69, 9.17) is 10.3 Å². The number of hydrogen-bond donors (Lipinski definition) is 1. The molecular weight excluding hydrogens is 262 g/mol. The Morgan fingerprint density at radius 1 is 1.05 bits per heavy atom. The van der Waals surface area contributed by atoms with Crippen LogP contribution in [0.2, 0.25) is 0 Å². The highest BCUT2D eigenvalue weighted by atomic mass is 16.5. The van der Waals surface area contributed by atoms with Crippen LogP contribution in [0.4, 0.5) is 0 Å². The first kappa shape index (κ1) is 15.7. The molecule has 4 heteroatoms. The molecule has 1 aromatic carbocycles. The van der Waals surface area contributed by atoms with Crippen LogP contribution < -0.4 is 5.73 Å². The molecule has 0 aliphatic carbocycles. The van der Waals surface area contributed by atoms with Crippen LogP contribution in [-0.2, 0) is 12.0 Å². The molecule has 0 aliphatic rings. The van der Waals surface area contributed by atoms with Gasteiger partial charge in [0.1, 0.15) is 0 Å². The summed E-state index contributed by atoms with van der Waals surface area (Å²) in [5.74, 6) is 1.05. The van der Waals surface area contributed by atoms with Gasteiger partial charge >= 0.3 is 0 Å². The molecule has 21 heavy (non-hydrogen) atoms. The first-order chi connectivity index (χ1) is 9.71. The molecule has 1 aromatic heterocycles. The van der Waals surface area contributed by atoms with Gasteiger partial charge in [0, 0.05) is 5.56 Å². The Balaban J connectivity index is 2.22. The molecule has 0 saturated carbocycles. The molecule has 0 atom stereocenters. The zero-order valence-electron chi connectivity index (χ0n) is 13.6. The molecule has 0 fully saturated rings. The van der Waals surface area contributed by atoms with Crippen LogP contribution in [0.5, 0.6) is 0 Å². The number of hydrogen-bond acceptors (Lipinski definition) is 4. The second kappa shape index (κ2) is 5.60. The Morgan fingerprint density at radius 2 is 1.67 bits per heavy atom. The molecule has 0 amide bonds. The van der Waals surface area contributed by atoms with E-state index in [1.54, 1.807) is 0 Å². The van der Waals surface area contributed by atoms with Crippen LogP contribution in [0.1, 0.15) is 52.5 Å². The Hall–Kier alpha value is -1.68. The fourth-order valence-corrected chi connectivity index (χ4v) is 2.95. The predicted octanol–water partition coefficient (Wildman–Crippen LogP) is 3.91. The second-order valence-corrected chi connectivity index (χ2v) is 7.41. The van der Waals surface area contributed by atoms with Gasteiger partial charge in [-0.2, -0.15) is 4.98 Å². The van der Waals surface area contributed by atoms with Gasteiger partial charge in [-0.25, -0.2) is 0 Å². The van der Waals surface area contributed by atoms with Crippen molar-refractivity contribution >= 4 is 0 Å². The first-order valence-corrected chi connectivity index (χ1v) is 7.35. The molecule has 4 nitrogen and oxygen atoms in total. The van der Waals surface area contributed by atoms with Crippen molar-refractivity contribution in [3.63, 3.8) is 0 Å². The van der Waals surface area contributed by atoms with Crippen LogP contribution in [0.25, 0.3) is 11.4 Å². The summed E-state index contributed by atoms with van der Waals surface area (Å²) in [6.07, 6.45) is 1.12. The van der Waals surface area contributed by atoms with Crippen molar-refractivity contribution in [3.05, 3.63) is 35.7 Å². The van der Waals surface area contributed by atoms with E-state index in [-0.39, 0.29) is 12.0 Å². The van der Waals surface area contributed by atoms with Gasteiger partial charge in [-0.15, -0.1) is 0 Å². The number of benzene rings is 1. The van der Waals surface area contributed by atoms with Crippen LogP contribution >= 0.6 is 0 Å². The quantitative estimate of drug-likeness (QED) is 0.926. The minimum absolute atomic E-state index is 0.135. The van der Waals surface area contributed by atoms with Gasteiger partial charge in [0.15, 0.2) is 0 Å². The number of nitrogens with zero attached hydrogens (tertiary/aromatic N) is 2. The van der Waals surface area contributed by atoms with Gasteiger partial charge < -0.3 is 10.3 Å². The largest absolute Gasteiger partial charge is 0.338 e. The topological polar surface area (TPSA) is 64.9 Å². The zero-order valence-corrected chi connectivity index (χ0v) is 13.6. The molecule has 1 heterocycles. The highest BCUT2D eigenvalue weighted by molar-refractivity contribution is 5.55. The summed E-state index contributed by atoms with van der Waals surface area (Å²) in [6.45, 7) is 11.7. The van der Waals surface area contributed by atoms with Gasteiger partial charge in [-0.05, 0) is 22.8 Å². The van der Waals surface area contributed by atoms with Gasteiger partial charge in [0.2, 0.25) is 11.7 Å². The molecule has 0 bridgehead atoms. The number of nitrogens with two attached hydrogens (primary N) is 1. The molecule has 0 radical (unpaired) electrons. The average Bonchev–Trinajstić information content (AvgIpc) is 2.85. The monoisotopic (exact) mass is 287 g/mol. The van der Waals surface area contributed by atoms with E-state index in [9.17, 15) is 0 Å². The normalized spacial score (nSPS) is 12.7. The first-order valence-electron chi connectivity index (χ1n) is 7.35. The van der Waals surface area contributed by atoms with E-state index >= 15 is 0 Å². The molecule has 2 aromatic rings. The summed E-state index contributed by atoms with van der Waals surface area (Å²) in [6, 6.07) is 8.40. The number of aromatic nitrogens is 2. The lowest BCUT2D eigenvalue weighted by molar-refractivity contribution is 0.284. The second-order valence-electron chi connectivity index (χ2n) is 7.41. The SMILES string of the molecule is CC(C)(C)CC(C)(C)c1ccc(-c2noc(CN)n2)cc1. The van der Waals surface area contributed by atoms with Crippen LogP contribution in [0.3, 0.4) is 0 Å². The average molecular weight is 287 g/mol. The van der Waals surface area contributed by atoms with Crippen LogP contribution in [-0.4, -0.2) is 10.1 Å². The summed E-state index contributed by atoms with van der Waals surface area (Å²) in [5.41, 5.74) is 8.19. The maximum atomic E-state index is 5.48. The lowest BCUT2D eigenvalue weighted by Crippen LogP contribution is -2.24. The third kappa shape index (κ3) is 3.91. The molecule has 0 saturated heterocycles. The van der Waals surface area contributed by atoms with Crippen molar-refractivity contribution < 1.29 is 4.52 Å². The Bertz CT molecular complexity index is 591.